The van der Waals surface area contributed by atoms with Crippen molar-refractivity contribution >= 4 is 11.4 Å². The second-order valence-corrected chi connectivity index (χ2v) is 7.46. The van der Waals surface area contributed by atoms with E-state index in [-0.39, 0.29) is 23.3 Å². The van der Waals surface area contributed by atoms with Gasteiger partial charge >= 0.3 is 6.18 Å². The second kappa shape index (κ2) is 8.88. The van der Waals surface area contributed by atoms with Gasteiger partial charge in [0.15, 0.2) is 11.4 Å². The molecule has 0 aliphatic rings. The molecule has 4 aromatic rings. The van der Waals surface area contributed by atoms with Crippen molar-refractivity contribution in [1.82, 2.24) is 14.6 Å². The topological polar surface area (TPSA) is 67.5 Å². The van der Waals surface area contributed by atoms with Crippen LogP contribution in [0.4, 0.5) is 13.2 Å². The number of fused-ring (bicyclic) bond motifs is 1. The molecule has 0 aliphatic carbocycles. The predicted molar refractivity (Wildman–Crippen MR) is 116 cm³/mol. The zero-order valence-electron chi connectivity index (χ0n) is 17.5. The number of ketones is 1. The van der Waals surface area contributed by atoms with Gasteiger partial charge in [-0.15, -0.1) is 0 Å². The van der Waals surface area contributed by atoms with Crippen LogP contribution in [0.15, 0.2) is 60.9 Å². The van der Waals surface area contributed by atoms with Crippen LogP contribution in [0, 0.1) is 18.8 Å². The van der Waals surface area contributed by atoms with Crippen molar-refractivity contribution in [2.24, 2.45) is 0 Å². The summed E-state index contributed by atoms with van der Waals surface area (Å²) in [4.78, 5) is 17.0. The van der Waals surface area contributed by atoms with Crippen molar-refractivity contribution in [2.75, 3.05) is 0 Å². The molecule has 1 N–H and O–H groups in total. The van der Waals surface area contributed by atoms with Crippen molar-refractivity contribution in [3.05, 3.63) is 100.0 Å². The van der Waals surface area contributed by atoms with Gasteiger partial charge in [-0.3, -0.25) is 4.79 Å². The van der Waals surface area contributed by atoms with Gasteiger partial charge in [0.2, 0.25) is 0 Å². The van der Waals surface area contributed by atoms with E-state index in [1.54, 1.807) is 47.2 Å². The first-order valence-corrected chi connectivity index (χ1v) is 10.0. The first-order valence-electron chi connectivity index (χ1n) is 10.0. The maximum absolute atomic E-state index is 13.3. The number of carbonyl (C=O) groups excluding carboxylic acids is 1. The largest absolute Gasteiger partial charge is 0.416 e. The van der Waals surface area contributed by atoms with E-state index >= 15 is 0 Å². The summed E-state index contributed by atoms with van der Waals surface area (Å²) in [6, 6.07) is 12.1. The third kappa shape index (κ3) is 4.78. The van der Waals surface area contributed by atoms with Gasteiger partial charge in [0.05, 0.1) is 18.4 Å². The lowest BCUT2D eigenvalue weighted by Gasteiger charge is -2.13. The molecule has 4 rings (SSSR count). The van der Waals surface area contributed by atoms with Gasteiger partial charge in [0.1, 0.15) is 5.69 Å². The van der Waals surface area contributed by atoms with Crippen LogP contribution in [0.5, 0.6) is 0 Å². The fourth-order valence-corrected chi connectivity index (χ4v) is 3.40. The molecule has 33 heavy (non-hydrogen) atoms. The van der Waals surface area contributed by atoms with Crippen molar-refractivity contribution in [3.63, 3.8) is 0 Å². The minimum absolute atomic E-state index is 0.206. The first kappa shape index (κ1) is 22.2. The number of alkyl halides is 3. The fraction of sp³-hybridized carbons (Fsp3) is 0.160. The lowest BCUT2D eigenvalue weighted by atomic mass is 9.96. The fourth-order valence-electron chi connectivity index (χ4n) is 3.40. The zero-order chi connectivity index (χ0) is 23.6. The molecule has 166 valence electrons. The van der Waals surface area contributed by atoms with Crippen LogP contribution in [-0.2, 0) is 19.2 Å². The Morgan fingerprint density at radius 3 is 2.70 bits per heavy atom. The summed E-state index contributed by atoms with van der Waals surface area (Å²) in [7, 11) is 0. The molecule has 8 heteroatoms. The van der Waals surface area contributed by atoms with Crippen molar-refractivity contribution in [2.45, 2.75) is 26.1 Å². The van der Waals surface area contributed by atoms with E-state index in [0.717, 1.165) is 11.6 Å². The summed E-state index contributed by atoms with van der Waals surface area (Å²) in [5, 5.41) is 13.4. The summed E-state index contributed by atoms with van der Waals surface area (Å²) in [6.07, 6.45) is -1.59. The van der Waals surface area contributed by atoms with Crippen LogP contribution in [0.1, 0.15) is 43.9 Å². The van der Waals surface area contributed by atoms with E-state index in [9.17, 15) is 23.1 Å². The maximum Gasteiger partial charge on any atom is 0.416 e. The number of aliphatic hydroxyl groups is 1. The molecule has 0 radical (unpaired) electrons. The third-order valence-electron chi connectivity index (χ3n) is 5.18. The number of benzene rings is 2. The monoisotopic (exact) mass is 449 g/mol. The summed E-state index contributed by atoms with van der Waals surface area (Å²) in [5.74, 6) is 5.70. The lowest BCUT2D eigenvalue weighted by Crippen LogP contribution is -2.11. The molecular formula is C25H18F3N3O2. The molecule has 5 nitrogen and oxygen atoms in total. The SMILES string of the molecule is Cc1ccc(C(=O)Cc2ccc(CO)c(C(F)(F)F)c2)cc1C#Cc1cnc2cccnn12. The number of Topliss-reactive ketones (excluding diaryl/α,β-unsaturated/α-hetero) is 1. The number of carbonyl (C=O) groups is 1. The molecule has 0 aliphatic heterocycles. The molecule has 0 unspecified atom stereocenters. The van der Waals surface area contributed by atoms with Gasteiger partial charge in [-0.1, -0.05) is 30.2 Å². The molecule has 2 heterocycles. The number of imidazole rings is 1. The van der Waals surface area contributed by atoms with E-state index < -0.39 is 18.3 Å². The number of halogens is 3. The summed E-state index contributed by atoms with van der Waals surface area (Å²) in [6.45, 7) is 1.12. The van der Waals surface area contributed by atoms with Crippen molar-refractivity contribution in [3.8, 4) is 11.8 Å². The van der Waals surface area contributed by atoms with Crippen LogP contribution >= 0.6 is 0 Å². The minimum Gasteiger partial charge on any atom is -0.392 e. The van der Waals surface area contributed by atoms with E-state index in [2.05, 4.69) is 21.9 Å². The van der Waals surface area contributed by atoms with E-state index in [1.807, 2.05) is 6.92 Å². The van der Waals surface area contributed by atoms with Crippen LogP contribution in [0.3, 0.4) is 0 Å². The Labute approximate surface area is 187 Å². The smallest absolute Gasteiger partial charge is 0.392 e. The number of nitrogens with zero attached hydrogens (tertiary/aromatic N) is 3. The molecule has 0 bridgehead atoms. The van der Waals surface area contributed by atoms with Gasteiger partial charge in [-0.05, 0) is 53.8 Å². The highest BCUT2D eigenvalue weighted by atomic mass is 19.4. The van der Waals surface area contributed by atoms with Crippen LogP contribution in [0.2, 0.25) is 0 Å². The third-order valence-corrected chi connectivity index (χ3v) is 5.18. The highest BCUT2D eigenvalue weighted by molar-refractivity contribution is 5.98. The Bertz CT molecular complexity index is 1410. The molecule has 2 aromatic carbocycles. The predicted octanol–water partition coefficient (Wildman–Crippen LogP) is 4.37. The number of hydrogen-bond acceptors (Lipinski definition) is 4. The normalized spacial score (nSPS) is 11.3. The van der Waals surface area contributed by atoms with Crippen molar-refractivity contribution in [1.29, 1.82) is 0 Å². The average Bonchev–Trinajstić information content (AvgIpc) is 3.21. The molecule has 0 amide bonds. The zero-order valence-corrected chi connectivity index (χ0v) is 17.5. The molecule has 0 saturated carbocycles. The minimum atomic E-state index is -4.61. The van der Waals surface area contributed by atoms with Gasteiger partial charge in [0, 0.05) is 23.7 Å². The van der Waals surface area contributed by atoms with Gasteiger partial charge in [-0.25, -0.2) is 9.50 Å². The Balaban J connectivity index is 1.60. The highest BCUT2D eigenvalue weighted by Gasteiger charge is 2.33. The summed E-state index contributed by atoms with van der Waals surface area (Å²) >= 11 is 0. The summed E-state index contributed by atoms with van der Waals surface area (Å²) in [5.41, 5.74) is 2.13. The molecule has 2 aromatic heterocycles. The Hall–Kier alpha value is -3.96. The standard InChI is InChI=1S/C25H18F3N3O2/c1-16-4-6-19(13-18(16)8-9-21-14-29-24-3-2-10-30-31(21)24)23(33)12-17-5-7-20(15-32)22(11-17)25(26,27)28/h2-7,10-11,13-14,32H,12,15H2,1H3. The molecule has 0 fully saturated rings. The molecule has 0 atom stereocenters. The summed E-state index contributed by atoms with van der Waals surface area (Å²) < 4.78 is 41.4. The first-order chi connectivity index (χ1) is 15.8. The number of rotatable bonds is 4. The van der Waals surface area contributed by atoms with Crippen LogP contribution in [0.25, 0.3) is 5.65 Å². The Morgan fingerprint density at radius 1 is 1.12 bits per heavy atom. The van der Waals surface area contributed by atoms with Crippen LogP contribution < -0.4 is 0 Å². The molecular weight excluding hydrogens is 431 g/mol. The van der Waals surface area contributed by atoms with E-state index in [0.29, 0.717) is 22.5 Å². The van der Waals surface area contributed by atoms with Crippen molar-refractivity contribution < 1.29 is 23.1 Å². The maximum atomic E-state index is 13.3. The van der Waals surface area contributed by atoms with E-state index in [4.69, 9.17) is 0 Å². The van der Waals surface area contributed by atoms with Crippen LogP contribution in [-0.4, -0.2) is 25.5 Å². The number of aliphatic hydroxyl groups excluding tert-OH is 1. The van der Waals surface area contributed by atoms with E-state index in [1.165, 1.54) is 12.1 Å². The van der Waals surface area contributed by atoms with Gasteiger partial charge < -0.3 is 5.11 Å². The Morgan fingerprint density at radius 2 is 1.94 bits per heavy atom. The molecule has 0 saturated heterocycles. The molecule has 0 spiro atoms. The van der Waals surface area contributed by atoms with Gasteiger partial charge in [-0.2, -0.15) is 18.3 Å². The quantitative estimate of drug-likeness (QED) is 0.371. The second-order valence-electron chi connectivity index (χ2n) is 7.46. The number of aromatic nitrogens is 3. The average molecular weight is 449 g/mol. The Kier molecular flexibility index (Phi) is 5.99. The number of hydrogen-bond donors (Lipinski definition) is 1. The highest BCUT2D eigenvalue weighted by Crippen LogP contribution is 2.33. The lowest BCUT2D eigenvalue weighted by molar-refractivity contribution is -0.138. The number of aryl methyl sites for hydroxylation is 1. The van der Waals surface area contributed by atoms with Gasteiger partial charge in [0.25, 0.3) is 0 Å².